The quantitative estimate of drug-likeness (QED) is 0.694. The van der Waals surface area contributed by atoms with E-state index in [1.165, 1.54) is 0 Å². The summed E-state index contributed by atoms with van der Waals surface area (Å²) < 4.78 is 5.02. The lowest BCUT2D eigenvalue weighted by molar-refractivity contribution is -0.146. The maximum atomic E-state index is 11.4. The first-order chi connectivity index (χ1) is 7.09. The smallest absolute Gasteiger partial charge is 0.323 e. The van der Waals surface area contributed by atoms with Crippen molar-refractivity contribution in [3.05, 3.63) is 18.2 Å². The fraction of sp³-hybridized carbons (Fsp3) is 0.600. The minimum absolute atomic E-state index is 0.327. The summed E-state index contributed by atoms with van der Waals surface area (Å²) in [6.45, 7) is 4.37. The van der Waals surface area contributed by atoms with Crippen molar-refractivity contribution in [3.63, 3.8) is 0 Å². The lowest BCUT2D eigenvalue weighted by Crippen LogP contribution is -2.35. The molecule has 0 saturated heterocycles. The number of carbonyl (C=O) groups excluding carboxylic acids is 1. The Bertz CT molecular complexity index is 296. The number of ether oxygens (including phenoxy) is 1. The van der Waals surface area contributed by atoms with Crippen LogP contribution < -0.4 is 5.73 Å². The van der Waals surface area contributed by atoms with Crippen LogP contribution in [0.3, 0.4) is 0 Å². The predicted molar refractivity (Wildman–Crippen MR) is 56.1 cm³/mol. The standard InChI is InChI=1S/C10H17N3O2/c1-7(2)5-15-10(14)9(11)3-8-4-12-6-13-8/h4,6-7,9H,3,5,11H2,1-2H3,(H,12,13)/t9-/m1/s1. The summed E-state index contributed by atoms with van der Waals surface area (Å²) in [6.07, 6.45) is 3.63. The maximum absolute atomic E-state index is 11.4. The second kappa shape index (κ2) is 5.50. The van der Waals surface area contributed by atoms with Crippen LogP contribution >= 0.6 is 0 Å². The van der Waals surface area contributed by atoms with Crippen molar-refractivity contribution in [1.82, 2.24) is 9.97 Å². The number of nitrogens with zero attached hydrogens (tertiary/aromatic N) is 1. The van der Waals surface area contributed by atoms with Crippen LogP contribution in [-0.4, -0.2) is 28.6 Å². The van der Waals surface area contributed by atoms with E-state index in [0.29, 0.717) is 18.9 Å². The van der Waals surface area contributed by atoms with Gasteiger partial charge in [-0.3, -0.25) is 4.79 Å². The second-order valence-corrected chi connectivity index (χ2v) is 3.91. The third-order valence-corrected chi connectivity index (χ3v) is 1.86. The van der Waals surface area contributed by atoms with Gasteiger partial charge in [-0.1, -0.05) is 13.8 Å². The number of nitrogens with two attached hydrogens (primary N) is 1. The molecule has 15 heavy (non-hydrogen) atoms. The number of hydrogen-bond acceptors (Lipinski definition) is 4. The predicted octanol–water partition coefficient (Wildman–Crippen LogP) is 0.479. The number of nitrogens with one attached hydrogen (secondary N) is 1. The molecule has 0 aliphatic rings. The number of esters is 1. The van der Waals surface area contributed by atoms with Gasteiger partial charge in [0.1, 0.15) is 6.04 Å². The fourth-order valence-corrected chi connectivity index (χ4v) is 1.07. The molecule has 0 radical (unpaired) electrons. The molecule has 0 fully saturated rings. The Morgan fingerprint density at radius 3 is 2.93 bits per heavy atom. The van der Waals surface area contributed by atoms with Crippen LogP contribution in [0, 0.1) is 5.92 Å². The molecule has 1 aromatic rings. The highest BCUT2D eigenvalue weighted by molar-refractivity contribution is 5.75. The fourth-order valence-electron chi connectivity index (χ4n) is 1.07. The lowest BCUT2D eigenvalue weighted by Gasteiger charge is -2.11. The van der Waals surface area contributed by atoms with E-state index in [1.54, 1.807) is 12.5 Å². The molecule has 3 N–H and O–H groups in total. The van der Waals surface area contributed by atoms with Crippen molar-refractivity contribution >= 4 is 5.97 Å². The molecule has 1 aromatic heterocycles. The normalized spacial score (nSPS) is 12.8. The Kier molecular flexibility index (Phi) is 4.30. The SMILES string of the molecule is CC(C)COC(=O)[C@H](N)Cc1cnc[nH]1. The van der Waals surface area contributed by atoms with E-state index in [0.717, 1.165) is 5.69 Å². The minimum atomic E-state index is -0.621. The Morgan fingerprint density at radius 2 is 2.40 bits per heavy atom. The van der Waals surface area contributed by atoms with Gasteiger partial charge in [-0.05, 0) is 5.92 Å². The van der Waals surface area contributed by atoms with Crippen LogP contribution in [0.5, 0.6) is 0 Å². The first-order valence-electron chi connectivity index (χ1n) is 4.99. The van der Waals surface area contributed by atoms with Crippen molar-refractivity contribution in [2.24, 2.45) is 11.7 Å². The number of hydrogen-bond donors (Lipinski definition) is 2. The summed E-state index contributed by atoms with van der Waals surface area (Å²) in [5.74, 6) is -0.0356. The zero-order valence-electron chi connectivity index (χ0n) is 9.06. The van der Waals surface area contributed by atoms with Gasteiger partial charge >= 0.3 is 5.97 Å². The average molecular weight is 211 g/mol. The van der Waals surface area contributed by atoms with Crippen molar-refractivity contribution in [3.8, 4) is 0 Å². The van der Waals surface area contributed by atoms with E-state index < -0.39 is 6.04 Å². The molecule has 0 saturated carbocycles. The molecule has 84 valence electrons. The summed E-state index contributed by atoms with van der Waals surface area (Å²) in [7, 11) is 0. The zero-order valence-corrected chi connectivity index (χ0v) is 9.06. The highest BCUT2D eigenvalue weighted by Crippen LogP contribution is 2.00. The lowest BCUT2D eigenvalue weighted by atomic mass is 10.2. The van der Waals surface area contributed by atoms with Crippen LogP contribution in [0.1, 0.15) is 19.5 Å². The maximum Gasteiger partial charge on any atom is 0.323 e. The number of imidazole rings is 1. The van der Waals surface area contributed by atoms with E-state index in [4.69, 9.17) is 10.5 Å². The van der Waals surface area contributed by atoms with Gasteiger partial charge in [-0.2, -0.15) is 0 Å². The molecular weight excluding hydrogens is 194 g/mol. The first kappa shape index (κ1) is 11.7. The third-order valence-electron chi connectivity index (χ3n) is 1.86. The first-order valence-corrected chi connectivity index (χ1v) is 4.99. The van der Waals surface area contributed by atoms with Gasteiger partial charge in [-0.15, -0.1) is 0 Å². The van der Waals surface area contributed by atoms with Crippen molar-refractivity contribution < 1.29 is 9.53 Å². The van der Waals surface area contributed by atoms with Crippen LogP contribution in [0.15, 0.2) is 12.5 Å². The average Bonchev–Trinajstić information content (AvgIpc) is 2.66. The molecule has 0 amide bonds. The molecule has 0 spiro atoms. The van der Waals surface area contributed by atoms with Gasteiger partial charge in [0.25, 0.3) is 0 Å². The van der Waals surface area contributed by atoms with Crippen LogP contribution in [0.2, 0.25) is 0 Å². The molecule has 1 heterocycles. The minimum Gasteiger partial charge on any atom is -0.464 e. The van der Waals surface area contributed by atoms with Gasteiger partial charge in [0.2, 0.25) is 0 Å². The van der Waals surface area contributed by atoms with E-state index in [9.17, 15) is 4.79 Å². The summed E-state index contributed by atoms with van der Waals surface area (Å²) in [5, 5.41) is 0. The van der Waals surface area contributed by atoms with Crippen LogP contribution in [-0.2, 0) is 16.0 Å². The van der Waals surface area contributed by atoms with Crippen molar-refractivity contribution in [1.29, 1.82) is 0 Å². The van der Waals surface area contributed by atoms with Crippen LogP contribution in [0.4, 0.5) is 0 Å². The molecule has 0 aliphatic carbocycles. The van der Waals surface area contributed by atoms with Crippen molar-refractivity contribution in [2.45, 2.75) is 26.3 Å². The molecule has 0 unspecified atom stereocenters. The number of carbonyl (C=O) groups is 1. The Morgan fingerprint density at radius 1 is 1.67 bits per heavy atom. The molecule has 0 aromatic carbocycles. The largest absolute Gasteiger partial charge is 0.464 e. The van der Waals surface area contributed by atoms with Gasteiger partial charge < -0.3 is 15.5 Å². The second-order valence-electron chi connectivity index (χ2n) is 3.91. The number of aromatic amines is 1. The monoisotopic (exact) mass is 211 g/mol. The molecule has 0 bridgehead atoms. The van der Waals surface area contributed by atoms with Gasteiger partial charge in [-0.25, -0.2) is 4.98 Å². The summed E-state index contributed by atoms with van der Waals surface area (Å²) >= 11 is 0. The highest BCUT2D eigenvalue weighted by Gasteiger charge is 2.16. The number of aromatic nitrogens is 2. The van der Waals surface area contributed by atoms with Gasteiger partial charge in [0.15, 0.2) is 0 Å². The number of H-pyrrole nitrogens is 1. The number of rotatable bonds is 5. The van der Waals surface area contributed by atoms with Crippen molar-refractivity contribution in [2.75, 3.05) is 6.61 Å². The molecular formula is C10H17N3O2. The molecule has 5 heteroatoms. The summed E-state index contributed by atoms with van der Waals surface area (Å²) in [4.78, 5) is 18.1. The molecule has 5 nitrogen and oxygen atoms in total. The topological polar surface area (TPSA) is 81.0 Å². The Balaban J connectivity index is 2.33. The molecule has 0 aliphatic heterocycles. The summed E-state index contributed by atoms with van der Waals surface area (Å²) in [5.41, 5.74) is 6.51. The molecule has 1 atom stereocenters. The summed E-state index contributed by atoms with van der Waals surface area (Å²) in [6, 6.07) is -0.621. The van der Waals surface area contributed by atoms with E-state index in [2.05, 4.69) is 9.97 Å². The zero-order chi connectivity index (χ0) is 11.3. The van der Waals surface area contributed by atoms with Gasteiger partial charge in [0, 0.05) is 18.3 Å². The van der Waals surface area contributed by atoms with Gasteiger partial charge in [0.05, 0.1) is 12.9 Å². The van der Waals surface area contributed by atoms with E-state index in [1.807, 2.05) is 13.8 Å². The Hall–Kier alpha value is -1.36. The Labute approximate surface area is 89.0 Å². The third kappa shape index (κ3) is 4.12. The molecule has 1 rings (SSSR count). The highest BCUT2D eigenvalue weighted by atomic mass is 16.5. The van der Waals surface area contributed by atoms with Crippen LogP contribution in [0.25, 0.3) is 0 Å². The van der Waals surface area contributed by atoms with E-state index in [-0.39, 0.29) is 5.97 Å². The van der Waals surface area contributed by atoms with E-state index >= 15 is 0 Å².